The second-order valence-electron chi connectivity index (χ2n) is 7.40. The molecule has 1 aliphatic heterocycles. The molecule has 1 saturated heterocycles. The molecule has 3 rings (SSSR count). The van der Waals surface area contributed by atoms with Crippen molar-refractivity contribution >= 4 is 11.6 Å². The van der Waals surface area contributed by atoms with E-state index in [-0.39, 0.29) is 5.91 Å². The van der Waals surface area contributed by atoms with E-state index in [9.17, 15) is 4.79 Å². The van der Waals surface area contributed by atoms with E-state index in [0.717, 1.165) is 38.3 Å². The van der Waals surface area contributed by atoms with Gasteiger partial charge in [0, 0.05) is 44.0 Å². The van der Waals surface area contributed by atoms with Crippen LogP contribution in [0.2, 0.25) is 0 Å². The second kappa shape index (κ2) is 8.56. The number of nitrogens with zero attached hydrogens (tertiary/aromatic N) is 2. The Morgan fingerprint density at radius 3 is 2.68 bits per heavy atom. The Bertz CT molecular complexity index is 570. The molecule has 5 heteroatoms. The number of carbonyl (C=O) groups excluding carboxylic acids is 1. The number of amides is 1. The Morgan fingerprint density at radius 2 is 1.96 bits per heavy atom. The van der Waals surface area contributed by atoms with E-state index >= 15 is 0 Å². The minimum Gasteiger partial charge on any atom is -0.497 e. The van der Waals surface area contributed by atoms with Crippen molar-refractivity contribution in [2.75, 3.05) is 44.7 Å². The number of ether oxygens (including phenoxy) is 1. The summed E-state index contributed by atoms with van der Waals surface area (Å²) >= 11 is 0. The van der Waals surface area contributed by atoms with Crippen LogP contribution in [0.3, 0.4) is 0 Å². The van der Waals surface area contributed by atoms with Gasteiger partial charge in [0.05, 0.1) is 13.7 Å². The fourth-order valence-corrected chi connectivity index (χ4v) is 3.96. The highest BCUT2D eigenvalue weighted by molar-refractivity contribution is 5.78. The highest BCUT2D eigenvalue weighted by atomic mass is 16.5. The first-order valence-corrected chi connectivity index (χ1v) is 9.56. The Balaban J connectivity index is 1.45. The maximum Gasteiger partial charge on any atom is 0.234 e. The zero-order valence-electron chi connectivity index (χ0n) is 15.5. The van der Waals surface area contributed by atoms with Crippen molar-refractivity contribution in [1.29, 1.82) is 0 Å². The molecule has 5 nitrogen and oxygen atoms in total. The van der Waals surface area contributed by atoms with Gasteiger partial charge in [-0.15, -0.1) is 0 Å². The highest BCUT2D eigenvalue weighted by Gasteiger charge is 2.24. The Hall–Kier alpha value is -1.75. The molecule has 1 N–H and O–H groups in total. The molecule has 25 heavy (non-hydrogen) atoms. The molecule has 0 bridgehead atoms. The third kappa shape index (κ3) is 4.88. The molecule has 2 fully saturated rings. The lowest BCUT2D eigenvalue weighted by Gasteiger charge is -2.36. The summed E-state index contributed by atoms with van der Waals surface area (Å²) in [6.07, 6.45) is 4.93. The van der Waals surface area contributed by atoms with Gasteiger partial charge in [-0.25, -0.2) is 0 Å². The van der Waals surface area contributed by atoms with Crippen molar-refractivity contribution in [3.8, 4) is 5.75 Å². The maximum atomic E-state index is 12.4. The van der Waals surface area contributed by atoms with Crippen LogP contribution < -0.4 is 15.0 Å². The molecule has 1 aromatic carbocycles. The van der Waals surface area contributed by atoms with Crippen molar-refractivity contribution in [2.45, 2.75) is 38.6 Å². The van der Waals surface area contributed by atoms with Crippen LogP contribution in [0.1, 0.15) is 32.6 Å². The Kier molecular flexibility index (Phi) is 6.19. The van der Waals surface area contributed by atoms with Gasteiger partial charge in [-0.2, -0.15) is 0 Å². The lowest BCUT2D eigenvalue weighted by atomic mass is 9.86. The molecular weight excluding hydrogens is 314 g/mol. The fourth-order valence-electron chi connectivity index (χ4n) is 3.96. The average Bonchev–Trinajstić information content (AvgIpc) is 2.64. The van der Waals surface area contributed by atoms with E-state index < -0.39 is 0 Å². The second-order valence-corrected chi connectivity index (χ2v) is 7.40. The zero-order valence-corrected chi connectivity index (χ0v) is 15.5. The van der Waals surface area contributed by atoms with Gasteiger partial charge < -0.3 is 15.0 Å². The average molecular weight is 345 g/mol. The molecule has 1 amide bonds. The molecule has 1 saturated carbocycles. The van der Waals surface area contributed by atoms with Gasteiger partial charge in [-0.05, 0) is 30.9 Å². The summed E-state index contributed by atoms with van der Waals surface area (Å²) < 4.78 is 5.31. The molecule has 1 aromatic rings. The summed E-state index contributed by atoms with van der Waals surface area (Å²) in [5.41, 5.74) is 1.19. The first-order chi connectivity index (χ1) is 12.2. The minimum absolute atomic E-state index is 0.189. The number of nitrogens with one attached hydrogen (secondary N) is 1. The summed E-state index contributed by atoms with van der Waals surface area (Å²) in [7, 11) is 1.70. The maximum absolute atomic E-state index is 12.4. The van der Waals surface area contributed by atoms with Crippen LogP contribution in [0, 0.1) is 5.92 Å². The number of carbonyl (C=O) groups is 1. The first kappa shape index (κ1) is 18.1. The third-order valence-electron chi connectivity index (χ3n) is 5.62. The van der Waals surface area contributed by atoms with Crippen LogP contribution in [0.4, 0.5) is 5.69 Å². The van der Waals surface area contributed by atoms with Gasteiger partial charge in [-0.1, -0.05) is 25.8 Å². The molecule has 138 valence electrons. The molecular formula is C20H31N3O2. The fraction of sp³-hybridized carbons (Fsp3) is 0.650. The molecule has 0 aromatic heterocycles. The Morgan fingerprint density at radius 1 is 1.20 bits per heavy atom. The van der Waals surface area contributed by atoms with Gasteiger partial charge >= 0.3 is 0 Å². The molecule has 1 aliphatic carbocycles. The van der Waals surface area contributed by atoms with Crippen molar-refractivity contribution in [2.24, 2.45) is 5.92 Å². The summed E-state index contributed by atoms with van der Waals surface area (Å²) in [5.74, 6) is 1.69. The summed E-state index contributed by atoms with van der Waals surface area (Å²) in [4.78, 5) is 17.0. The van der Waals surface area contributed by atoms with Crippen LogP contribution in [-0.4, -0.2) is 56.7 Å². The van der Waals surface area contributed by atoms with Crippen molar-refractivity contribution < 1.29 is 9.53 Å². The number of hydrogen-bond acceptors (Lipinski definition) is 4. The van der Waals surface area contributed by atoms with Crippen LogP contribution in [0.15, 0.2) is 24.3 Å². The topological polar surface area (TPSA) is 44.8 Å². The van der Waals surface area contributed by atoms with Crippen LogP contribution >= 0.6 is 0 Å². The number of piperazine rings is 1. The van der Waals surface area contributed by atoms with Gasteiger partial charge in [0.15, 0.2) is 0 Å². The van der Waals surface area contributed by atoms with Gasteiger partial charge in [0.25, 0.3) is 0 Å². The molecule has 2 aliphatic rings. The van der Waals surface area contributed by atoms with Gasteiger partial charge in [0.2, 0.25) is 5.91 Å². The predicted octanol–water partition coefficient (Wildman–Crippen LogP) is 2.51. The molecule has 0 unspecified atom stereocenters. The van der Waals surface area contributed by atoms with Crippen molar-refractivity contribution in [3.63, 3.8) is 0 Å². The molecule has 1 heterocycles. The van der Waals surface area contributed by atoms with Crippen LogP contribution in [0.5, 0.6) is 5.75 Å². The first-order valence-electron chi connectivity index (χ1n) is 9.56. The van der Waals surface area contributed by atoms with Crippen molar-refractivity contribution in [1.82, 2.24) is 10.2 Å². The lowest BCUT2D eigenvalue weighted by molar-refractivity contribution is -0.123. The Labute approximate surface area is 151 Å². The monoisotopic (exact) mass is 345 g/mol. The molecule has 0 radical (unpaired) electrons. The number of rotatable bonds is 5. The predicted molar refractivity (Wildman–Crippen MR) is 101 cm³/mol. The summed E-state index contributed by atoms with van der Waals surface area (Å²) in [6.45, 7) is 6.52. The summed E-state index contributed by atoms with van der Waals surface area (Å²) in [6, 6.07) is 8.57. The standard InChI is InChI=1S/C20H31N3O2/c1-16-6-3-4-9-19(16)21-20(24)15-22-10-12-23(13-11-22)17-7-5-8-18(14-17)25-2/h5,7-8,14,16,19H,3-4,6,9-13,15H2,1-2H3,(H,21,24)/t16-,19+/m0/s1. The number of hydrogen-bond donors (Lipinski definition) is 1. The van der Waals surface area contributed by atoms with E-state index in [1.807, 2.05) is 12.1 Å². The van der Waals surface area contributed by atoms with E-state index in [1.54, 1.807) is 7.11 Å². The third-order valence-corrected chi connectivity index (χ3v) is 5.62. The normalized spacial score (nSPS) is 24.8. The molecule has 2 atom stereocenters. The van der Waals surface area contributed by atoms with E-state index in [1.165, 1.54) is 24.9 Å². The van der Waals surface area contributed by atoms with E-state index in [4.69, 9.17) is 4.74 Å². The largest absolute Gasteiger partial charge is 0.497 e. The van der Waals surface area contributed by atoms with Crippen LogP contribution in [-0.2, 0) is 4.79 Å². The van der Waals surface area contributed by atoms with Crippen LogP contribution in [0.25, 0.3) is 0 Å². The van der Waals surface area contributed by atoms with Gasteiger partial charge in [-0.3, -0.25) is 9.69 Å². The number of benzene rings is 1. The number of anilines is 1. The van der Waals surface area contributed by atoms with Crippen molar-refractivity contribution in [3.05, 3.63) is 24.3 Å². The number of methoxy groups -OCH3 is 1. The highest BCUT2D eigenvalue weighted by Crippen LogP contribution is 2.24. The van der Waals surface area contributed by atoms with E-state index in [2.05, 4.69) is 34.2 Å². The summed E-state index contributed by atoms with van der Waals surface area (Å²) in [5, 5.41) is 3.26. The smallest absolute Gasteiger partial charge is 0.234 e. The SMILES string of the molecule is COc1cccc(N2CCN(CC(=O)N[C@@H]3CCCC[C@@H]3C)CC2)c1. The quantitative estimate of drug-likeness (QED) is 0.891. The molecule has 0 spiro atoms. The lowest BCUT2D eigenvalue weighted by Crippen LogP contribution is -2.51. The van der Waals surface area contributed by atoms with E-state index in [0.29, 0.717) is 18.5 Å². The zero-order chi connectivity index (χ0) is 17.6. The van der Waals surface area contributed by atoms with Gasteiger partial charge in [0.1, 0.15) is 5.75 Å². The minimum atomic E-state index is 0.189.